The summed E-state index contributed by atoms with van der Waals surface area (Å²) in [5.74, 6) is 0. The highest BCUT2D eigenvalue weighted by atomic mass is 79.9. The van der Waals surface area contributed by atoms with E-state index in [0.717, 1.165) is 13.0 Å². The van der Waals surface area contributed by atoms with E-state index in [9.17, 15) is 0 Å². The maximum absolute atomic E-state index is 3.66. The Balaban J connectivity index is 1.96. The number of halogens is 1. The first-order valence-electron chi connectivity index (χ1n) is 7.22. The van der Waals surface area contributed by atoms with Gasteiger partial charge in [0.1, 0.15) is 0 Å². The predicted molar refractivity (Wildman–Crippen MR) is 96.1 cm³/mol. The Morgan fingerprint density at radius 1 is 1.10 bits per heavy atom. The van der Waals surface area contributed by atoms with Crippen molar-refractivity contribution in [1.82, 2.24) is 5.32 Å². The Morgan fingerprint density at radius 3 is 2.67 bits per heavy atom. The summed E-state index contributed by atoms with van der Waals surface area (Å²) in [6, 6.07) is 17.5. The zero-order valence-corrected chi connectivity index (χ0v) is 14.4. The highest BCUT2D eigenvalue weighted by molar-refractivity contribution is 9.10. The lowest BCUT2D eigenvalue weighted by Gasteiger charge is -2.18. The van der Waals surface area contributed by atoms with Gasteiger partial charge in [0.15, 0.2) is 0 Å². The molecule has 1 atom stereocenters. The van der Waals surface area contributed by atoms with Crippen LogP contribution in [0.5, 0.6) is 0 Å². The number of thiophene rings is 1. The first-order chi connectivity index (χ1) is 10.3. The molecule has 0 radical (unpaired) electrons. The molecule has 0 spiro atoms. The van der Waals surface area contributed by atoms with Crippen molar-refractivity contribution in [3.8, 4) is 0 Å². The van der Waals surface area contributed by atoms with Gasteiger partial charge in [-0.1, -0.05) is 59.3 Å². The molecule has 0 fully saturated rings. The summed E-state index contributed by atoms with van der Waals surface area (Å²) < 4.78 is 2.55. The van der Waals surface area contributed by atoms with E-state index in [1.54, 1.807) is 0 Å². The van der Waals surface area contributed by atoms with Crippen LogP contribution < -0.4 is 5.32 Å². The zero-order valence-electron chi connectivity index (χ0n) is 12.0. The van der Waals surface area contributed by atoms with Gasteiger partial charge in [-0.2, -0.15) is 0 Å². The van der Waals surface area contributed by atoms with Gasteiger partial charge in [-0.15, -0.1) is 11.3 Å². The summed E-state index contributed by atoms with van der Waals surface area (Å²) in [7, 11) is 0. The summed E-state index contributed by atoms with van der Waals surface area (Å²) in [5.41, 5.74) is 2.76. The van der Waals surface area contributed by atoms with E-state index in [1.165, 1.54) is 25.7 Å². The molecule has 0 aliphatic heterocycles. The standard InChI is InChI=1S/C18H18BrNS/c1-2-20-17(11-13-7-3-5-9-16(13)19)15-12-21-18-10-6-4-8-14(15)18/h3-10,12,17,20H,2,11H2,1H3. The molecule has 1 unspecified atom stereocenters. The minimum atomic E-state index is 0.352. The van der Waals surface area contributed by atoms with Gasteiger partial charge in [0.2, 0.25) is 0 Å². The van der Waals surface area contributed by atoms with Crippen molar-refractivity contribution in [2.45, 2.75) is 19.4 Å². The Morgan fingerprint density at radius 2 is 1.86 bits per heavy atom. The van der Waals surface area contributed by atoms with Crippen LogP contribution in [0.3, 0.4) is 0 Å². The maximum atomic E-state index is 3.66. The lowest BCUT2D eigenvalue weighted by atomic mass is 9.98. The fourth-order valence-electron chi connectivity index (χ4n) is 2.69. The number of fused-ring (bicyclic) bond motifs is 1. The van der Waals surface area contributed by atoms with Crippen LogP contribution in [0.4, 0.5) is 0 Å². The molecule has 0 aliphatic rings. The largest absolute Gasteiger partial charge is 0.310 e. The average Bonchev–Trinajstić information content (AvgIpc) is 2.93. The molecule has 21 heavy (non-hydrogen) atoms. The summed E-state index contributed by atoms with van der Waals surface area (Å²) in [6.07, 6.45) is 0.996. The molecule has 0 saturated carbocycles. The van der Waals surface area contributed by atoms with Crippen molar-refractivity contribution in [2.75, 3.05) is 6.54 Å². The van der Waals surface area contributed by atoms with Gasteiger partial charge in [-0.3, -0.25) is 0 Å². The van der Waals surface area contributed by atoms with Crippen molar-refractivity contribution < 1.29 is 0 Å². The number of rotatable bonds is 5. The molecule has 1 aromatic heterocycles. The average molecular weight is 360 g/mol. The molecule has 3 heteroatoms. The Labute approximate surface area is 138 Å². The Hall–Kier alpha value is -1.16. The summed E-state index contributed by atoms with van der Waals surface area (Å²) >= 11 is 5.49. The molecule has 0 aliphatic carbocycles. The van der Waals surface area contributed by atoms with Gasteiger partial charge in [0, 0.05) is 15.2 Å². The smallest absolute Gasteiger partial charge is 0.0375 e. The minimum Gasteiger partial charge on any atom is -0.310 e. The van der Waals surface area contributed by atoms with Gasteiger partial charge in [0.25, 0.3) is 0 Å². The van der Waals surface area contributed by atoms with E-state index in [1.807, 2.05) is 11.3 Å². The van der Waals surface area contributed by atoms with Crippen molar-refractivity contribution >= 4 is 37.4 Å². The third-order valence-corrected chi connectivity index (χ3v) is 5.47. The van der Waals surface area contributed by atoms with Crippen LogP contribution in [0.25, 0.3) is 10.1 Å². The molecule has 1 N–H and O–H groups in total. The SMILES string of the molecule is CCNC(Cc1ccccc1Br)c1csc2ccccc12. The second-order valence-corrected chi connectivity index (χ2v) is 6.86. The molecule has 3 aromatic rings. The highest BCUT2D eigenvalue weighted by Gasteiger charge is 2.16. The second kappa shape index (κ2) is 6.73. The second-order valence-electron chi connectivity index (χ2n) is 5.09. The fraction of sp³-hybridized carbons (Fsp3) is 0.222. The molecule has 1 nitrogen and oxygen atoms in total. The third-order valence-electron chi connectivity index (χ3n) is 3.72. The predicted octanol–water partition coefficient (Wildman–Crippen LogP) is 5.56. The van der Waals surface area contributed by atoms with Gasteiger partial charge in [-0.25, -0.2) is 0 Å². The van der Waals surface area contributed by atoms with Crippen LogP contribution in [-0.2, 0) is 6.42 Å². The Kier molecular flexibility index (Phi) is 4.73. The van der Waals surface area contributed by atoms with E-state index < -0.39 is 0 Å². The molecular formula is C18H18BrNS. The van der Waals surface area contributed by atoms with E-state index in [4.69, 9.17) is 0 Å². The molecule has 2 aromatic carbocycles. The summed E-state index contributed by atoms with van der Waals surface area (Å²) in [6.45, 7) is 3.14. The minimum absolute atomic E-state index is 0.352. The van der Waals surface area contributed by atoms with Crippen LogP contribution in [0.2, 0.25) is 0 Å². The van der Waals surface area contributed by atoms with Gasteiger partial charge >= 0.3 is 0 Å². The molecular weight excluding hydrogens is 342 g/mol. The number of nitrogens with one attached hydrogen (secondary N) is 1. The van der Waals surface area contributed by atoms with Gasteiger partial charge in [-0.05, 0) is 47.0 Å². The fourth-order valence-corrected chi connectivity index (χ4v) is 4.15. The molecule has 0 amide bonds. The van der Waals surface area contributed by atoms with E-state index >= 15 is 0 Å². The van der Waals surface area contributed by atoms with Crippen molar-refractivity contribution in [1.29, 1.82) is 0 Å². The van der Waals surface area contributed by atoms with E-state index in [2.05, 4.69) is 82.1 Å². The van der Waals surface area contributed by atoms with Crippen molar-refractivity contribution in [3.05, 3.63) is 69.5 Å². The molecule has 0 saturated heterocycles. The number of hydrogen-bond donors (Lipinski definition) is 1. The number of likely N-dealkylation sites (N-methyl/N-ethyl adjacent to an activating group) is 1. The zero-order chi connectivity index (χ0) is 14.7. The normalized spacial score (nSPS) is 12.7. The van der Waals surface area contributed by atoms with Crippen molar-refractivity contribution in [2.24, 2.45) is 0 Å². The highest BCUT2D eigenvalue weighted by Crippen LogP contribution is 2.32. The summed E-state index contributed by atoms with van der Waals surface area (Å²) in [4.78, 5) is 0. The Bertz CT molecular complexity index is 735. The molecule has 108 valence electrons. The number of hydrogen-bond acceptors (Lipinski definition) is 2. The molecule has 1 heterocycles. The number of benzene rings is 2. The van der Waals surface area contributed by atoms with Gasteiger partial charge < -0.3 is 5.32 Å². The lowest BCUT2D eigenvalue weighted by molar-refractivity contribution is 0.553. The van der Waals surface area contributed by atoms with Crippen LogP contribution in [0.15, 0.2) is 58.4 Å². The van der Waals surface area contributed by atoms with Crippen LogP contribution in [0.1, 0.15) is 24.1 Å². The first-order valence-corrected chi connectivity index (χ1v) is 8.89. The van der Waals surface area contributed by atoms with Crippen molar-refractivity contribution in [3.63, 3.8) is 0 Å². The quantitative estimate of drug-likeness (QED) is 0.628. The van der Waals surface area contributed by atoms with Crippen LogP contribution in [0, 0.1) is 0 Å². The lowest BCUT2D eigenvalue weighted by Crippen LogP contribution is -2.22. The first kappa shape index (κ1) is 14.8. The maximum Gasteiger partial charge on any atom is 0.0375 e. The summed E-state index contributed by atoms with van der Waals surface area (Å²) in [5, 5.41) is 7.31. The molecule has 0 bridgehead atoms. The third kappa shape index (κ3) is 3.20. The monoisotopic (exact) mass is 359 g/mol. The van der Waals surface area contributed by atoms with E-state index in [-0.39, 0.29) is 0 Å². The van der Waals surface area contributed by atoms with Crippen LogP contribution >= 0.6 is 27.3 Å². The topological polar surface area (TPSA) is 12.0 Å². The molecule has 3 rings (SSSR count). The van der Waals surface area contributed by atoms with Gasteiger partial charge in [0.05, 0.1) is 0 Å². The van der Waals surface area contributed by atoms with E-state index in [0.29, 0.717) is 6.04 Å². The van der Waals surface area contributed by atoms with Crippen LogP contribution in [-0.4, -0.2) is 6.54 Å².